The van der Waals surface area contributed by atoms with Crippen molar-refractivity contribution in [3.05, 3.63) is 42.5 Å². The number of aliphatic hydroxyl groups is 1. The largest absolute Gasteiger partial charge is 0.489 e. The van der Waals surface area contributed by atoms with E-state index >= 15 is 0 Å². The summed E-state index contributed by atoms with van der Waals surface area (Å²) in [6.07, 6.45) is 3.35. The second-order valence-corrected chi connectivity index (χ2v) is 3.03. The van der Waals surface area contributed by atoms with E-state index in [0.717, 1.165) is 24.2 Å². The van der Waals surface area contributed by atoms with E-state index in [9.17, 15) is 0 Å². The van der Waals surface area contributed by atoms with E-state index in [1.165, 1.54) is 0 Å². The molecule has 1 aromatic carbocycles. The lowest BCUT2D eigenvalue weighted by atomic mass is 10.1. The lowest BCUT2D eigenvalue weighted by Gasteiger charge is -2.08. The maximum Gasteiger partial charge on any atom is 0.122 e. The minimum Gasteiger partial charge on any atom is -0.489 e. The highest BCUT2D eigenvalue weighted by Gasteiger charge is 2.00. The average Bonchev–Trinajstić information content (AvgIpc) is 2.24. The number of para-hydroxylation sites is 1. The van der Waals surface area contributed by atoms with Crippen LogP contribution < -0.4 is 4.74 Å². The van der Waals surface area contributed by atoms with Gasteiger partial charge in [0.1, 0.15) is 12.4 Å². The molecule has 1 aromatic rings. The molecular weight excluding hydrogens is 176 g/mol. The van der Waals surface area contributed by atoms with Crippen LogP contribution in [0.2, 0.25) is 0 Å². The predicted octanol–water partition coefficient (Wildman–Crippen LogP) is 2.18. The van der Waals surface area contributed by atoms with Gasteiger partial charge in [0.2, 0.25) is 0 Å². The maximum atomic E-state index is 8.74. The normalized spacial score (nSPS) is 9.79. The van der Waals surface area contributed by atoms with Crippen LogP contribution in [-0.4, -0.2) is 18.3 Å². The van der Waals surface area contributed by atoms with Crippen LogP contribution >= 0.6 is 0 Å². The Kier molecular flexibility index (Phi) is 4.79. The first-order valence-electron chi connectivity index (χ1n) is 4.81. The molecule has 0 saturated heterocycles. The number of aliphatic hydroxyl groups excluding tert-OH is 1. The van der Waals surface area contributed by atoms with Crippen molar-refractivity contribution in [1.29, 1.82) is 0 Å². The molecule has 1 rings (SSSR count). The minimum atomic E-state index is 0.218. The molecule has 0 radical (unpaired) electrons. The van der Waals surface area contributed by atoms with Crippen molar-refractivity contribution in [3.8, 4) is 5.75 Å². The Bertz CT molecular complexity index is 281. The van der Waals surface area contributed by atoms with Crippen LogP contribution in [0.15, 0.2) is 36.9 Å². The quantitative estimate of drug-likeness (QED) is 0.700. The first-order valence-corrected chi connectivity index (χ1v) is 4.81. The lowest BCUT2D eigenvalue weighted by molar-refractivity contribution is 0.287. The topological polar surface area (TPSA) is 29.5 Å². The van der Waals surface area contributed by atoms with Gasteiger partial charge in [-0.2, -0.15) is 0 Å². The van der Waals surface area contributed by atoms with Crippen LogP contribution in [0.5, 0.6) is 5.75 Å². The van der Waals surface area contributed by atoms with E-state index in [1.807, 2.05) is 24.3 Å². The van der Waals surface area contributed by atoms with Crippen LogP contribution in [0.3, 0.4) is 0 Å². The van der Waals surface area contributed by atoms with Crippen LogP contribution in [0.1, 0.15) is 12.0 Å². The van der Waals surface area contributed by atoms with Gasteiger partial charge in [-0.25, -0.2) is 0 Å². The minimum absolute atomic E-state index is 0.218. The highest BCUT2D eigenvalue weighted by Crippen LogP contribution is 2.19. The van der Waals surface area contributed by atoms with E-state index < -0.39 is 0 Å². The van der Waals surface area contributed by atoms with E-state index in [0.29, 0.717) is 6.61 Å². The standard InChI is InChI=1S/C12H16O2/c1-2-10-14-12-8-4-3-6-11(12)7-5-9-13/h2-4,6,8,13H,1,5,7,9-10H2. The fraction of sp³-hybridized carbons (Fsp3) is 0.333. The predicted molar refractivity (Wildman–Crippen MR) is 57.5 cm³/mol. The molecule has 0 amide bonds. The van der Waals surface area contributed by atoms with Gasteiger partial charge >= 0.3 is 0 Å². The Balaban J connectivity index is 2.64. The van der Waals surface area contributed by atoms with Crippen molar-refractivity contribution in [2.75, 3.05) is 13.2 Å². The molecule has 0 fully saturated rings. The third-order valence-electron chi connectivity index (χ3n) is 1.93. The zero-order valence-electron chi connectivity index (χ0n) is 8.28. The second-order valence-electron chi connectivity index (χ2n) is 3.03. The SMILES string of the molecule is C=CCOc1ccccc1CCCO. The number of aryl methyl sites for hydroxylation is 1. The van der Waals surface area contributed by atoms with Gasteiger partial charge in [-0.1, -0.05) is 30.9 Å². The zero-order valence-corrected chi connectivity index (χ0v) is 8.28. The second kappa shape index (κ2) is 6.22. The summed E-state index contributed by atoms with van der Waals surface area (Å²) in [5, 5.41) is 8.74. The fourth-order valence-electron chi connectivity index (χ4n) is 1.27. The summed E-state index contributed by atoms with van der Waals surface area (Å²) in [5.74, 6) is 0.890. The third-order valence-corrected chi connectivity index (χ3v) is 1.93. The van der Waals surface area contributed by atoms with Crippen molar-refractivity contribution in [1.82, 2.24) is 0 Å². The van der Waals surface area contributed by atoms with E-state index in [2.05, 4.69) is 6.58 Å². The summed E-state index contributed by atoms with van der Waals surface area (Å²) in [7, 11) is 0. The maximum absolute atomic E-state index is 8.74. The van der Waals surface area contributed by atoms with Gasteiger partial charge in [-0.15, -0.1) is 0 Å². The van der Waals surface area contributed by atoms with Gasteiger partial charge in [-0.05, 0) is 24.5 Å². The van der Waals surface area contributed by atoms with Crippen LogP contribution in [0.25, 0.3) is 0 Å². The molecule has 0 aliphatic heterocycles. The van der Waals surface area contributed by atoms with Gasteiger partial charge in [0, 0.05) is 6.61 Å². The molecule has 0 bridgehead atoms. The smallest absolute Gasteiger partial charge is 0.122 e. The fourth-order valence-corrected chi connectivity index (χ4v) is 1.27. The van der Waals surface area contributed by atoms with Gasteiger partial charge in [0.25, 0.3) is 0 Å². The summed E-state index contributed by atoms with van der Waals surface area (Å²) in [6.45, 7) is 4.34. The molecule has 0 unspecified atom stereocenters. The Labute approximate surface area is 84.8 Å². The molecule has 0 aromatic heterocycles. The number of hydrogen-bond acceptors (Lipinski definition) is 2. The Morgan fingerprint density at radius 1 is 1.36 bits per heavy atom. The molecule has 14 heavy (non-hydrogen) atoms. The summed E-state index contributed by atoms with van der Waals surface area (Å²) >= 11 is 0. The molecule has 0 atom stereocenters. The van der Waals surface area contributed by atoms with E-state index in [4.69, 9.17) is 9.84 Å². The summed E-state index contributed by atoms with van der Waals surface area (Å²) in [4.78, 5) is 0. The van der Waals surface area contributed by atoms with E-state index in [1.54, 1.807) is 6.08 Å². The molecule has 0 saturated carbocycles. The number of rotatable bonds is 6. The molecule has 0 spiro atoms. The molecule has 0 heterocycles. The van der Waals surface area contributed by atoms with Gasteiger partial charge in [-0.3, -0.25) is 0 Å². The van der Waals surface area contributed by atoms with Crippen LogP contribution in [-0.2, 0) is 6.42 Å². The van der Waals surface area contributed by atoms with Crippen molar-refractivity contribution in [3.63, 3.8) is 0 Å². The van der Waals surface area contributed by atoms with Crippen molar-refractivity contribution < 1.29 is 9.84 Å². The van der Waals surface area contributed by atoms with Gasteiger partial charge < -0.3 is 9.84 Å². The molecule has 0 aliphatic rings. The third kappa shape index (κ3) is 3.23. The summed E-state index contributed by atoms with van der Waals surface area (Å²) in [5.41, 5.74) is 1.14. The summed E-state index contributed by atoms with van der Waals surface area (Å²) in [6, 6.07) is 7.89. The van der Waals surface area contributed by atoms with Gasteiger partial charge in [0.15, 0.2) is 0 Å². The first kappa shape index (κ1) is 10.8. The molecule has 1 N–H and O–H groups in total. The highest BCUT2D eigenvalue weighted by atomic mass is 16.5. The number of hydrogen-bond donors (Lipinski definition) is 1. The Morgan fingerprint density at radius 2 is 2.14 bits per heavy atom. The highest BCUT2D eigenvalue weighted by molar-refractivity contribution is 5.33. The van der Waals surface area contributed by atoms with Gasteiger partial charge in [0.05, 0.1) is 0 Å². The molecule has 76 valence electrons. The average molecular weight is 192 g/mol. The van der Waals surface area contributed by atoms with E-state index in [-0.39, 0.29) is 6.61 Å². The summed E-state index contributed by atoms with van der Waals surface area (Å²) < 4.78 is 5.48. The number of benzene rings is 1. The molecule has 2 nitrogen and oxygen atoms in total. The first-order chi connectivity index (χ1) is 6.88. The lowest BCUT2D eigenvalue weighted by Crippen LogP contribution is -1.98. The zero-order chi connectivity index (χ0) is 10.2. The molecule has 0 aliphatic carbocycles. The van der Waals surface area contributed by atoms with Crippen molar-refractivity contribution in [2.24, 2.45) is 0 Å². The van der Waals surface area contributed by atoms with Crippen LogP contribution in [0.4, 0.5) is 0 Å². The van der Waals surface area contributed by atoms with Crippen LogP contribution in [0, 0.1) is 0 Å². The van der Waals surface area contributed by atoms with Crippen molar-refractivity contribution in [2.45, 2.75) is 12.8 Å². The Morgan fingerprint density at radius 3 is 2.86 bits per heavy atom. The molecular formula is C12H16O2. The van der Waals surface area contributed by atoms with Crippen molar-refractivity contribution >= 4 is 0 Å². The Hall–Kier alpha value is -1.28. The number of ether oxygens (including phenoxy) is 1. The monoisotopic (exact) mass is 192 g/mol. The molecule has 2 heteroatoms.